The second kappa shape index (κ2) is 7.95. The number of hydrogen-bond donors (Lipinski definition) is 2. The van der Waals surface area contributed by atoms with Crippen LogP contribution in [-0.2, 0) is 0 Å². The Hall–Kier alpha value is -0.150. The van der Waals surface area contributed by atoms with E-state index in [0.717, 1.165) is 25.9 Å². The third-order valence-corrected chi connectivity index (χ3v) is 1.46. The Bertz CT molecular complexity index is 78.5. The van der Waals surface area contributed by atoms with Crippen LogP contribution in [0.5, 0.6) is 0 Å². The number of rotatable bonds is 7. The fourth-order valence-electron chi connectivity index (χ4n) is 0.839. The summed E-state index contributed by atoms with van der Waals surface area (Å²) in [6.45, 7) is 3.16. The summed E-state index contributed by atoms with van der Waals surface area (Å²) in [4.78, 5) is 0. The normalized spacial score (nSPS) is 13.4. The fraction of sp³-hybridized carbons (Fsp3) is 1.00. The Kier molecular flexibility index (Phi) is 7.84. The number of aliphatic hydroxyl groups is 1. The summed E-state index contributed by atoms with van der Waals surface area (Å²) in [6, 6.07) is 0. The van der Waals surface area contributed by atoms with E-state index in [9.17, 15) is 4.39 Å². The lowest BCUT2D eigenvalue weighted by Crippen LogP contribution is -2.18. The fourth-order valence-corrected chi connectivity index (χ4v) is 0.839. The van der Waals surface area contributed by atoms with E-state index in [2.05, 4.69) is 5.32 Å². The molecule has 2 nitrogen and oxygen atoms in total. The first-order valence-corrected chi connectivity index (χ1v) is 4.22. The first-order valence-electron chi connectivity index (χ1n) is 4.22. The molecule has 0 spiro atoms. The zero-order chi connectivity index (χ0) is 8.53. The van der Waals surface area contributed by atoms with Gasteiger partial charge in [-0.15, -0.1) is 0 Å². The van der Waals surface area contributed by atoms with Crippen molar-refractivity contribution >= 4 is 0 Å². The molecule has 1 atom stereocenters. The largest absolute Gasteiger partial charge is 0.393 e. The molecule has 68 valence electrons. The first-order chi connectivity index (χ1) is 5.27. The van der Waals surface area contributed by atoms with Gasteiger partial charge in [-0.05, 0) is 39.3 Å². The van der Waals surface area contributed by atoms with Crippen LogP contribution >= 0.6 is 0 Å². The van der Waals surface area contributed by atoms with Gasteiger partial charge in [-0.1, -0.05) is 0 Å². The number of aliphatic hydroxyl groups excluding tert-OH is 1. The third-order valence-electron chi connectivity index (χ3n) is 1.46. The number of hydrogen-bond acceptors (Lipinski definition) is 2. The minimum Gasteiger partial charge on any atom is -0.393 e. The van der Waals surface area contributed by atoms with Crippen LogP contribution in [0, 0.1) is 0 Å². The van der Waals surface area contributed by atoms with Gasteiger partial charge < -0.3 is 10.4 Å². The lowest BCUT2D eigenvalue weighted by atomic mass is 10.2. The van der Waals surface area contributed by atoms with Gasteiger partial charge in [-0.2, -0.15) is 0 Å². The highest BCUT2D eigenvalue weighted by Crippen LogP contribution is 1.93. The van der Waals surface area contributed by atoms with E-state index in [1.807, 2.05) is 0 Å². The first kappa shape index (κ1) is 10.8. The molecule has 0 aliphatic heterocycles. The Labute approximate surface area is 67.8 Å². The summed E-state index contributed by atoms with van der Waals surface area (Å²) in [5, 5.41) is 12.0. The molecule has 0 heterocycles. The maximum absolute atomic E-state index is 11.6. The number of halogens is 1. The van der Waals surface area contributed by atoms with Crippen molar-refractivity contribution in [2.24, 2.45) is 0 Å². The molecule has 0 radical (unpaired) electrons. The molecule has 0 saturated heterocycles. The average molecular weight is 163 g/mol. The molecule has 0 amide bonds. The topological polar surface area (TPSA) is 32.3 Å². The highest BCUT2D eigenvalue weighted by atomic mass is 19.1. The van der Waals surface area contributed by atoms with E-state index in [4.69, 9.17) is 5.11 Å². The molecule has 0 aromatic heterocycles. The summed E-state index contributed by atoms with van der Waals surface area (Å²) in [6.07, 6.45) is 2.17. The van der Waals surface area contributed by atoms with Crippen molar-refractivity contribution in [1.82, 2.24) is 5.32 Å². The van der Waals surface area contributed by atoms with E-state index >= 15 is 0 Å². The van der Waals surface area contributed by atoms with Crippen molar-refractivity contribution in [3.63, 3.8) is 0 Å². The van der Waals surface area contributed by atoms with E-state index in [0.29, 0.717) is 6.42 Å². The molecule has 1 unspecified atom stereocenters. The SMILES string of the molecule is CC(O)CCCNCCCF. The monoisotopic (exact) mass is 163 g/mol. The van der Waals surface area contributed by atoms with Crippen LogP contribution in [0.3, 0.4) is 0 Å². The lowest BCUT2D eigenvalue weighted by Gasteiger charge is -2.04. The molecule has 0 aromatic rings. The molecule has 0 fully saturated rings. The Morgan fingerprint density at radius 2 is 2.00 bits per heavy atom. The van der Waals surface area contributed by atoms with E-state index < -0.39 is 0 Å². The Balaban J connectivity index is 2.80. The number of nitrogens with one attached hydrogen (secondary N) is 1. The van der Waals surface area contributed by atoms with Crippen molar-refractivity contribution in [3.05, 3.63) is 0 Å². The van der Waals surface area contributed by atoms with Gasteiger partial charge in [0, 0.05) is 0 Å². The van der Waals surface area contributed by atoms with Crippen LogP contribution in [0.1, 0.15) is 26.2 Å². The van der Waals surface area contributed by atoms with Gasteiger partial charge in [0.05, 0.1) is 12.8 Å². The van der Waals surface area contributed by atoms with E-state index in [-0.39, 0.29) is 12.8 Å². The Morgan fingerprint density at radius 3 is 2.55 bits per heavy atom. The predicted molar refractivity (Wildman–Crippen MR) is 44.4 cm³/mol. The minimum absolute atomic E-state index is 0.210. The van der Waals surface area contributed by atoms with Crippen LogP contribution in [0.4, 0.5) is 4.39 Å². The van der Waals surface area contributed by atoms with Crippen molar-refractivity contribution < 1.29 is 9.50 Å². The quantitative estimate of drug-likeness (QED) is 0.551. The van der Waals surface area contributed by atoms with Gasteiger partial charge in [0.15, 0.2) is 0 Å². The highest BCUT2D eigenvalue weighted by Gasteiger charge is 1.93. The molecule has 3 heteroatoms. The maximum Gasteiger partial charge on any atom is 0.0906 e. The molecule has 0 rings (SSSR count). The predicted octanol–water partition coefficient (Wildman–Crippen LogP) is 1.10. The molecular formula is C8H18FNO. The highest BCUT2D eigenvalue weighted by molar-refractivity contribution is 4.51. The molecule has 0 saturated carbocycles. The summed E-state index contributed by atoms with van der Waals surface area (Å²) in [7, 11) is 0. The van der Waals surface area contributed by atoms with Gasteiger partial charge in [-0.25, -0.2) is 0 Å². The molecule has 0 aliphatic rings. The molecule has 0 bridgehead atoms. The van der Waals surface area contributed by atoms with Gasteiger partial charge in [0.2, 0.25) is 0 Å². The Morgan fingerprint density at radius 1 is 1.36 bits per heavy atom. The second-order valence-corrected chi connectivity index (χ2v) is 2.78. The van der Waals surface area contributed by atoms with Crippen molar-refractivity contribution in [2.75, 3.05) is 19.8 Å². The molecule has 0 aliphatic carbocycles. The lowest BCUT2D eigenvalue weighted by molar-refractivity contribution is 0.181. The molecule has 0 aromatic carbocycles. The van der Waals surface area contributed by atoms with Crippen LogP contribution in [0.15, 0.2) is 0 Å². The van der Waals surface area contributed by atoms with E-state index in [1.165, 1.54) is 0 Å². The van der Waals surface area contributed by atoms with Crippen molar-refractivity contribution in [2.45, 2.75) is 32.3 Å². The van der Waals surface area contributed by atoms with Gasteiger partial charge in [0.25, 0.3) is 0 Å². The van der Waals surface area contributed by atoms with Crippen LogP contribution in [0.2, 0.25) is 0 Å². The van der Waals surface area contributed by atoms with Gasteiger partial charge in [-0.3, -0.25) is 4.39 Å². The summed E-state index contributed by atoms with van der Waals surface area (Å²) in [5.41, 5.74) is 0. The molecular weight excluding hydrogens is 145 g/mol. The zero-order valence-corrected chi connectivity index (χ0v) is 7.15. The molecule has 2 N–H and O–H groups in total. The third kappa shape index (κ3) is 9.85. The van der Waals surface area contributed by atoms with Gasteiger partial charge >= 0.3 is 0 Å². The van der Waals surface area contributed by atoms with E-state index in [1.54, 1.807) is 6.92 Å². The van der Waals surface area contributed by atoms with Gasteiger partial charge in [0.1, 0.15) is 0 Å². The number of alkyl halides is 1. The summed E-state index contributed by atoms with van der Waals surface area (Å²) < 4.78 is 11.6. The van der Waals surface area contributed by atoms with Crippen molar-refractivity contribution in [3.8, 4) is 0 Å². The summed E-state index contributed by atoms with van der Waals surface area (Å²) in [5.74, 6) is 0. The minimum atomic E-state index is -0.247. The molecule has 11 heavy (non-hydrogen) atoms. The van der Waals surface area contributed by atoms with Crippen LogP contribution < -0.4 is 5.32 Å². The zero-order valence-electron chi connectivity index (χ0n) is 7.15. The maximum atomic E-state index is 11.6. The smallest absolute Gasteiger partial charge is 0.0906 e. The standard InChI is InChI=1S/C8H18FNO/c1-8(11)4-2-6-10-7-3-5-9/h8,10-11H,2-7H2,1H3. The van der Waals surface area contributed by atoms with Crippen LogP contribution in [0.25, 0.3) is 0 Å². The van der Waals surface area contributed by atoms with Crippen molar-refractivity contribution in [1.29, 1.82) is 0 Å². The summed E-state index contributed by atoms with van der Waals surface area (Å²) >= 11 is 0. The average Bonchev–Trinajstić information content (AvgIpc) is 1.96. The second-order valence-electron chi connectivity index (χ2n) is 2.78. The van der Waals surface area contributed by atoms with Crippen LogP contribution in [-0.4, -0.2) is 31.0 Å².